The summed E-state index contributed by atoms with van der Waals surface area (Å²) in [6, 6.07) is 2.34. The summed E-state index contributed by atoms with van der Waals surface area (Å²) in [5, 5.41) is 1.10. The Balaban J connectivity index is 2.35. The van der Waals surface area contributed by atoms with Crippen molar-refractivity contribution < 1.29 is 0 Å². The van der Waals surface area contributed by atoms with Crippen molar-refractivity contribution in [2.24, 2.45) is 5.92 Å². The van der Waals surface area contributed by atoms with Gasteiger partial charge in [-0.05, 0) is 58.7 Å². The molecule has 1 aliphatic heterocycles. The molecule has 0 radical (unpaired) electrons. The van der Waals surface area contributed by atoms with E-state index in [1.165, 1.54) is 25.7 Å². The minimum Gasteiger partial charge on any atom is -0.342 e. The average molecular weight is 268 g/mol. The molecule has 0 aromatic heterocycles. The first-order chi connectivity index (χ1) is 8.45. The van der Waals surface area contributed by atoms with Crippen LogP contribution in [-0.4, -0.2) is 39.1 Å². The van der Waals surface area contributed by atoms with Crippen molar-refractivity contribution in [3.05, 3.63) is 0 Å². The van der Waals surface area contributed by atoms with Crippen LogP contribution in [-0.2, 0) is 0 Å². The third kappa shape index (κ3) is 2.26. The van der Waals surface area contributed by atoms with Crippen LogP contribution >= 0.6 is 12.2 Å². The average Bonchev–Trinajstić information content (AvgIpc) is 2.45. The highest BCUT2D eigenvalue weighted by molar-refractivity contribution is 7.80. The lowest BCUT2D eigenvalue weighted by Gasteiger charge is -2.34. The second-order valence-electron chi connectivity index (χ2n) is 6.60. The molecule has 3 heteroatoms. The summed E-state index contributed by atoms with van der Waals surface area (Å²) < 4.78 is 0. The molecule has 1 aliphatic carbocycles. The maximum Gasteiger partial charge on any atom is 0.172 e. The van der Waals surface area contributed by atoms with Crippen molar-refractivity contribution in [1.82, 2.24) is 9.80 Å². The normalized spacial score (nSPS) is 33.3. The maximum absolute atomic E-state index is 5.78. The third-order valence-corrected chi connectivity index (χ3v) is 5.04. The summed E-state index contributed by atoms with van der Waals surface area (Å²) in [6.45, 7) is 11.5. The minimum absolute atomic E-state index is 0.522. The zero-order valence-electron chi connectivity index (χ0n) is 12.5. The van der Waals surface area contributed by atoms with Gasteiger partial charge in [-0.25, -0.2) is 0 Å². The van der Waals surface area contributed by atoms with Crippen molar-refractivity contribution in [2.75, 3.05) is 0 Å². The molecule has 0 spiro atoms. The molecular formula is C15H28N2S. The van der Waals surface area contributed by atoms with Gasteiger partial charge in [0.15, 0.2) is 5.11 Å². The molecule has 0 N–H and O–H groups in total. The molecule has 1 saturated heterocycles. The van der Waals surface area contributed by atoms with Crippen molar-refractivity contribution >= 4 is 17.3 Å². The maximum atomic E-state index is 5.78. The Kier molecular flexibility index (Phi) is 4.20. The van der Waals surface area contributed by atoms with Crippen LogP contribution in [0.3, 0.4) is 0 Å². The van der Waals surface area contributed by atoms with E-state index < -0.39 is 0 Å². The van der Waals surface area contributed by atoms with Gasteiger partial charge in [-0.15, -0.1) is 0 Å². The fourth-order valence-electron chi connectivity index (χ4n) is 3.88. The van der Waals surface area contributed by atoms with Gasteiger partial charge < -0.3 is 9.80 Å². The van der Waals surface area contributed by atoms with Crippen LogP contribution in [0.4, 0.5) is 0 Å². The fourth-order valence-corrected chi connectivity index (χ4v) is 4.55. The van der Waals surface area contributed by atoms with E-state index in [2.05, 4.69) is 44.4 Å². The zero-order valence-corrected chi connectivity index (χ0v) is 13.3. The number of thiocarbonyl (C=S) groups is 1. The molecule has 0 amide bonds. The Morgan fingerprint density at radius 3 is 2.11 bits per heavy atom. The lowest BCUT2D eigenvalue weighted by Crippen LogP contribution is -2.44. The fraction of sp³-hybridized carbons (Fsp3) is 0.933. The van der Waals surface area contributed by atoms with Gasteiger partial charge in [-0.2, -0.15) is 0 Å². The molecule has 2 aliphatic rings. The van der Waals surface area contributed by atoms with E-state index in [0.29, 0.717) is 24.2 Å². The van der Waals surface area contributed by atoms with E-state index >= 15 is 0 Å². The number of fused-ring (bicyclic) bond motifs is 1. The van der Waals surface area contributed by atoms with Gasteiger partial charge in [0.1, 0.15) is 0 Å². The van der Waals surface area contributed by atoms with Crippen molar-refractivity contribution in [3.8, 4) is 0 Å². The molecule has 2 fully saturated rings. The number of nitrogens with zero attached hydrogens (tertiary/aromatic N) is 2. The molecule has 2 nitrogen and oxygen atoms in total. The Morgan fingerprint density at radius 1 is 1.00 bits per heavy atom. The monoisotopic (exact) mass is 268 g/mol. The molecule has 1 saturated carbocycles. The number of rotatable bonds is 2. The van der Waals surface area contributed by atoms with Crippen molar-refractivity contribution in [2.45, 2.75) is 84.5 Å². The van der Waals surface area contributed by atoms with Gasteiger partial charge in [0.2, 0.25) is 0 Å². The molecule has 2 rings (SSSR count). The van der Waals surface area contributed by atoms with Gasteiger partial charge >= 0.3 is 0 Å². The summed E-state index contributed by atoms with van der Waals surface area (Å²) in [4.78, 5) is 5.04. The summed E-state index contributed by atoms with van der Waals surface area (Å²) >= 11 is 5.78. The predicted molar refractivity (Wildman–Crippen MR) is 81.8 cm³/mol. The number of hydrogen-bond acceptors (Lipinski definition) is 1. The van der Waals surface area contributed by atoms with Crippen LogP contribution in [0, 0.1) is 5.92 Å². The van der Waals surface area contributed by atoms with Crippen LogP contribution in [0.5, 0.6) is 0 Å². The summed E-state index contributed by atoms with van der Waals surface area (Å²) in [7, 11) is 0. The van der Waals surface area contributed by atoms with E-state index in [4.69, 9.17) is 12.2 Å². The van der Waals surface area contributed by atoms with Crippen LogP contribution in [0.15, 0.2) is 0 Å². The van der Waals surface area contributed by atoms with Crippen LogP contribution in [0.1, 0.15) is 60.3 Å². The molecule has 0 aromatic rings. The van der Waals surface area contributed by atoms with Crippen LogP contribution < -0.4 is 0 Å². The van der Waals surface area contributed by atoms with E-state index in [0.717, 1.165) is 11.0 Å². The zero-order chi connectivity index (χ0) is 13.4. The van der Waals surface area contributed by atoms with E-state index in [9.17, 15) is 0 Å². The molecule has 1 heterocycles. The van der Waals surface area contributed by atoms with Gasteiger partial charge in [-0.1, -0.05) is 19.8 Å². The Morgan fingerprint density at radius 2 is 1.56 bits per heavy atom. The number of hydrogen-bond donors (Lipinski definition) is 0. The molecular weight excluding hydrogens is 240 g/mol. The van der Waals surface area contributed by atoms with E-state index in [-0.39, 0.29) is 0 Å². The van der Waals surface area contributed by atoms with Crippen molar-refractivity contribution in [1.29, 1.82) is 0 Å². The smallest absolute Gasteiger partial charge is 0.172 e. The lowest BCUT2D eigenvalue weighted by atomic mass is 9.92. The first kappa shape index (κ1) is 14.1. The molecule has 0 bridgehead atoms. The highest BCUT2D eigenvalue weighted by Crippen LogP contribution is 2.38. The van der Waals surface area contributed by atoms with E-state index in [1.807, 2.05) is 0 Å². The molecule has 18 heavy (non-hydrogen) atoms. The molecule has 104 valence electrons. The summed E-state index contributed by atoms with van der Waals surface area (Å²) in [6.07, 6.45) is 5.43. The Bertz CT molecular complexity index is 314. The van der Waals surface area contributed by atoms with E-state index in [1.54, 1.807) is 0 Å². The molecule has 3 unspecified atom stereocenters. The summed E-state index contributed by atoms with van der Waals surface area (Å²) in [5.74, 6) is 0.765. The predicted octanol–water partition coefficient (Wildman–Crippen LogP) is 3.65. The van der Waals surface area contributed by atoms with Gasteiger partial charge in [0.05, 0.1) is 12.1 Å². The van der Waals surface area contributed by atoms with Crippen LogP contribution in [0.25, 0.3) is 0 Å². The molecule has 3 atom stereocenters. The summed E-state index contributed by atoms with van der Waals surface area (Å²) in [5.41, 5.74) is 0. The highest BCUT2D eigenvalue weighted by atomic mass is 32.1. The van der Waals surface area contributed by atoms with Crippen LogP contribution in [0.2, 0.25) is 0 Å². The Labute approximate surface area is 118 Å². The standard InChI is InChI=1S/C15H28N2S/c1-10(2)16-13-9-7-6-8-12(5)14(13)17(11(3)4)15(16)18/h10-14H,6-9H2,1-5H3. The first-order valence-corrected chi connectivity index (χ1v) is 7.96. The third-order valence-electron chi connectivity index (χ3n) is 4.62. The van der Waals surface area contributed by atoms with Gasteiger partial charge in [0.25, 0.3) is 0 Å². The first-order valence-electron chi connectivity index (χ1n) is 7.55. The largest absolute Gasteiger partial charge is 0.342 e. The SMILES string of the molecule is CC1CCCCC2C1N(C(C)C)C(=S)N2C(C)C. The quantitative estimate of drug-likeness (QED) is 0.706. The molecule has 0 aromatic carbocycles. The Hall–Kier alpha value is -0.310. The second-order valence-corrected chi connectivity index (χ2v) is 6.97. The second kappa shape index (κ2) is 5.36. The van der Waals surface area contributed by atoms with Gasteiger partial charge in [0, 0.05) is 12.1 Å². The topological polar surface area (TPSA) is 6.48 Å². The highest BCUT2D eigenvalue weighted by Gasteiger charge is 2.47. The van der Waals surface area contributed by atoms with Crippen molar-refractivity contribution in [3.63, 3.8) is 0 Å². The minimum atomic E-state index is 0.522. The van der Waals surface area contributed by atoms with Gasteiger partial charge in [-0.3, -0.25) is 0 Å². The lowest BCUT2D eigenvalue weighted by molar-refractivity contribution is 0.174.